The number of aliphatic hydroxyl groups excluding tert-OH is 2. The van der Waals surface area contributed by atoms with Crippen molar-refractivity contribution in [1.29, 1.82) is 0 Å². The maximum Gasteiger partial charge on any atom is 0.0907 e. The van der Waals surface area contributed by atoms with Crippen molar-refractivity contribution >= 4 is 0 Å². The molecule has 0 heterocycles. The molecule has 2 bridgehead atoms. The lowest BCUT2D eigenvalue weighted by Crippen LogP contribution is -2.44. The minimum absolute atomic E-state index is 0.0418. The Balaban J connectivity index is 1.73. The highest BCUT2D eigenvalue weighted by atomic mass is 16.3. The second kappa shape index (κ2) is 6.53. The Bertz CT molecular complexity index is 319. The minimum atomic E-state index is -0.590. The Morgan fingerprint density at radius 1 is 0.944 bits per heavy atom. The molecular formula is C16H26O2. The average molecular weight is 250 g/mol. The van der Waals surface area contributed by atoms with Gasteiger partial charge in [-0.3, -0.25) is 0 Å². The third-order valence-electron chi connectivity index (χ3n) is 4.31. The van der Waals surface area contributed by atoms with E-state index in [-0.39, 0.29) is 11.8 Å². The maximum atomic E-state index is 9.97. The van der Waals surface area contributed by atoms with Crippen LogP contribution in [0.15, 0.2) is 23.8 Å². The van der Waals surface area contributed by atoms with Gasteiger partial charge in [0.25, 0.3) is 0 Å². The van der Waals surface area contributed by atoms with Crippen LogP contribution in [0.3, 0.4) is 0 Å². The topological polar surface area (TPSA) is 40.5 Å². The summed E-state index contributed by atoms with van der Waals surface area (Å²) in [5.74, 6) is 0.112. The monoisotopic (exact) mass is 250 g/mol. The number of hydrogen-bond acceptors (Lipinski definition) is 2. The van der Waals surface area contributed by atoms with Gasteiger partial charge in [0.05, 0.1) is 12.2 Å². The average Bonchev–Trinajstić information content (AvgIpc) is 2.39. The van der Waals surface area contributed by atoms with E-state index in [4.69, 9.17) is 0 Å². The van der Waals surface area contributed by atoms with Gasteiger partial charge < -0.3 is 10.2 Å². The molecule has 4 atom stereocenters. The van der Waals surface area contributed by atoms with Crippen LogP contribution in [-0.4, -0.2) is 22.4 Å². The van der Waals surface area contributed by atoms with Crippen LogP contribution in [0.1, 0.15) is 51.9 Å². The summed E-state index contributed by atoms with van der Waals surface area (Å²) in [6.07, 6.45) is 14.0. The molecule has 0 saturated heterocycles. The number of rotatable bonds is 7. The molecule has 0 aromatic rings. The van der Waals surface area contributed by atoms with E-state index in [0.29, 0.717) is 0 Å². The molecule has 0 aromatic carbocycles. The molecule has 0 radical (unpaired) electrons. The fraction of sp³-hybridized carbons (Fsp3) is 0.750. The first-order valence-electron chi connectivity index (χ1n) is 7.49. The third kappa shape index (κ3) is 3.04. The molecule has 2 nitrogen and oxygen atoms in total. The number of unbranched alkanes of at least 4 members (excludes halogenated alkanes) is 5. The fourth-order valence-corrected chi connectivity index (χ4v) is 3.13. The van der Waals surface area contributed by atoms with Crippen LogP contribution >= 0.6 is 0 Å². The lowest BCUT2D eigenvalue weighted by Gasteiger charge is -2.39. The molecule has 0 spiro atoms. The van der Waals surface area contributed by atoms with Crippen molar-refractivity contribution in [1.82, 2.24) is 0 Å². The van der Waals surface area contributed by atoms with Gasteiger partial charge in [0.15, 0.2) is 0 Å². The number of fused-ring (bicyclic) bond motifs is 1. The van der Waals surface area contributed by atoms with Gasteiger partial charge in [-0.1, -0.05) is 62.8 Å². The van der Waals surface area contributed by atoms with Crippen molar-refractivity contribution in [3.05, 3.63) is 23.8 Å². The third-order valence-corrected chi connectivity index (χ3v) is 4.31. The van der Waals surface area contributed by atoms with Crippen LogP contribution in [0.4, 0.5) is 0 Å². The molecule has 3 aliphatic carbocycles. The molecule has 102 valence electrons. The smallest absolute Gasteiger partial charge is 0.0907 e. The first-order chi connectivity index (χ1) is 8.74. The Morgan fingerprint density at radius 3 is 2.39 bits per heavy atom. The van der Waals surface area contributed by atoms with Gasteiger partial charge >= 0.3 is 0 Å². The Morgan fingerprint density at radius 2 is 1.67 bits per heavy atom. The summed E-state index contributed by atoms with van der Waals surface area (Å²) in [5.41, 5.74) is 1.34. The molecule has 0 fully saturated rings. The SMILES string of the molecule is CCCCCCCCC1=C[C@@H]2C=C[C@H]1[C@H](O)[C@@H]2O. The Kier molecular flexibility index (Phi) is 5.02. The van der Waals surface area contributed by atoms with Crippen LogP contribution < -0.4 is 0 Å². The predicted octanol–water partition coefficient (Wildman–Crippen LogP) is 3.20. The first kappa shape index (κ1) is 13.8. The van der Waals surface area contributed by atoms with Gasteiger partial charge in [-0.2, -0.15) is 0 Å². The molecule has 0 saturated carbocycles. The summed E-state index contributed by atoms with van der Waals surface area (Å²) in [7, 11) is 0. The van der Waals surface area contributed by atoms with Crippen molar-refractivity contribution in [2.24, 2.45) is 11.8 Å². The van der Waals surface area contributed by atoms with Gasteiger partial charge in [-0.25, -0.2) is 0 Å². The van der Waals surface area contributed by atoms with Gasteiger partial charge in [-0.15, -0.1) is 0 Å². The summed E-state index contributed by atoms with van der Waals surface area (Å²) in [5, 5.41) is 19.8. The van der Waals surface area contributed by atoms with Crippen molar-refractivity contribution in [2.75, 3.05) is 0 Å². The normalized spacial score (nSPS) is 33.8. The summed E-state index contributed by atoms with van der Waals surface area (Å²) in [6, 6.07) is 0. The summed E-state index contributed by atoms with van der Waals surface area (Å²) in [4.78, 5) is 0. The number of aliphatic hydroxyl groups is 2. The molecule has 2 N–H and O–H groups in total. The molecular weight excluding hydrogens is 224 g/mol. The zero-order valence-electron chi connectivity index (χ0n) is 11.4. The highest BCUT2D eigenvalue weighted by Gasteiger charge is 2.38. The standard InChI is InChI=1S/C16H26O2/c1-2-3-4-5-6-7-8-12-11-13-9-10-14(12)16(18)15(13)17/h9-11,13-18H,2-8H2,1H3/t13-,14+,15+,16-/m0/s1. The first-order valence-corrected chi connectivity index (χ1v) is 7.49. The Hall–Kier alpha value is -0.600. The molecule has 0 aliphatic heterocycles. The van der Waals surface area contributed by atoms with E-state index in [1.165, 1.54) is 44.1 Å². The summed E-state index contributed by atoms with van der Waals surface area (Å²) in [6.45, 7) is 2.24. The van der Waals surface area contributed by atoms with E-state index >= 15 is 0 Å². The van der Waals surface area contributed by atoms with E-state index in [1.807, 2.05) is 6.08 Å². The molecule has 18 heavy (non-hydrogen) atoms. The summed E-state index contributed by atoms with van der Waals surface area (Å²) < 4.78 is 0. The van der Waals surface area contributed by atoms with Crippen LogP contribution in [0.25, 0.3) is 0 Å². The van der Waals surface area contributed by atoms with Crippen molar-refractivity contribution in [2.45, 2.75) is 64.1 Å². The van der Waals surface area contributed by atoms with Crippen molar-refractivity contribution < 1.29 is 10.2 Å². The lowest BCUT2D eigenvalue weighted by molar-refractivity contribution is -0.0260. The number of hydrogen-bond donors (Lipinski definition) is 2. The fourth-order valence-electron chi connectivity index (χ4n) is 3.13. The highest BCUT2D eigenvalue weighted by Crippen LogP contribution is 2.38. The van der Waals surface area contributed by atoms with Crippen molar-refractivity contribution in [3.63, 3.8) is 0 Å². The minimum Gasteiger partial charge on any atom is -0.389 e. The van der Waals surface area contributed by atoms with E-state index in [9.17, 15) is 10.2 Å². The molecule has 3 aliphatic rings. The molecule has 2 heteroatoms. The molecule has 3 rings (SSSR count). The van der Waals surface area contributed by atoms with E-state index in [2.05, 4.69) is 19.1 Å². The van der Waals surface area contributed by atoms with E-state index in [0.717, 1.165) is 6.42 Å². The predicted molar refractivity (Wildman–Crippen MR) is 74.2 cm³/mol. The van der Waals surface area contributed by atoms with E-state index in [1.54, 1.807) is 0 Å². The largest absolute Gasteiger partial charge is 0.389 e. The zero-order valence-corrected chi connectivity index (χ0v) is 11.4. The summed E-state index contributed by atoms with van der Waals surface area (Å²) >= 11 is 0. The van der Waals surface area contributed by atoms with Gasteiger partial charge in [0.1, 0.15) is 0 Å². The quantitative estimate of drug-likeness (QED) is 0.538. The van der Waals surface area contributed by atoms with Crippen LogP contribution in [0.5, 0.6) is 0 Å². The molecule has 0 aromatic heterocycles. The highest BCUT2D eigenvalue weighted by molar-refractivity contribution is 5.30. The van der Waals surface area contributed by atoms with Crippen LogP contribution in [-0.2, 0) is 0 Å². The maximum absolute atomic E-state index is 9.97. The van der Waals surface area contributed by atoms with E-state index < -0.39 is 12.2 Å². The van der Waals surface area contributed by atoms with Gasteiger partial charge in [-0.05, 0) is 12.8 Å². The molecule has 0 amide bonds. The lowest BCUT2D eigenvalue weighted by atomic mass is 9.71. The second-order valence-electron chi connectivity index (χ2n) is 5.73. The van der Waals surface area contributed by atoms with Crippen LogP contribution in [0.2, 0.25) is 0 Å². The van der Waals surface area contributed by atoms with Gasteiger partial charge in [0, 0.05) is 11.8 Å². The van der Waals surface area contributed by atoms with Gasteiger partial charge in [0.2, 0.25) is 0 Å². The Labute approximate surface area is 110 Å². The zero-order chi connectivity index (χ0) is 13.0. The van der Waals surface area contributed by atoms with Crippen molar-refractivity contribution in [3.8, 4) is 0 Å². The molecule has 0 unspecified atom stereocenters. The second-order valence-corrected chi connectivity index (χ2v) is 5.73. The van der Waals surface area contributed by atoms with Crippen LogP contribution in [0, 0.1) is 11.8 Å².